The van der Waals surface area contributed by atoms with Gasteiger partial charge in [0, 0.05) is 18.7 Å². The minimum absolute atomic E-state index is 0. The lowest BCUT2D eigenvalue weighted by molar-refractivity contribution is -0.132. The summed E-state index contributed by atoms with van der Waals surface area (Å²) in [5.41, 5.74) is 0.453. The summed E-state index contributed by atoms with van der Waals surface area (Å²) in [6.07, 6.45) is 6.06. The molecule has 0 aromatic rings. The third-order valence-electron chi connectivity index (χ3n) is 2.58. The minimum atomic E-state index is -0.810. The molecule has 0 aromatic heterocycles. The molecule has 0 aliphatic rings. The number of unbranched alkanes of at least 4 members (excludes halogenated alkanes) is 3. The first-order chi connectivity index (χ1) is 8.04. The van der Waals surface area contributed by atoms with Crippen LogP contribution >= 0.6 is 12.4 Å². The van der Waals surface area contributed by atoms with Crippen molar-refractivity contribution in [2.24, 2.45) is 0 Å². The molecule has 4 nitrogen and oxygen atoms in total. The Morgan fingerprint density at radius 1 is 1.22 bits per heavy atom. The fourth-order valence-corrected chi connectivity index (χ4v) is 1.40. The highest BCUT2D eigenvalue weighted by Gasteiger charge is 1.97. The van der Waals surface area contributed by atoms with E-state index < -0.39 is 5.97 Å². The van der Waals surface area contributed by atoms with Crippen LogP contribution in [0.1, 0.15) is 32.6 Å². The predicted octanol–water partition coefficient (Wildman–Crippen LogP) is 2.15. The SMILES string of the molecule is CC(=CCCCCCNCCN(C)C)C(=O)O.Cl. The van der Waals surface area contributed by atoms with E-state index in [4.69, 9.17) is 5.11 Å². The molecule has 0 spiro atoms. The summed E-state index contributed by atoms with van der Waals surface area (Å²) in [7, 11) is 4.14. The van der Waals surface area contributed by atoms with Crippen molar-refractivity contribution in [2.75, 3.05) is 33.7 Å². The molecule has 5 heteroatoms. The number of carbonyl (C=O) groups is 1. The van der Waals surface area contributed by atoms with Crippen LogP contribution in [0, 0.1) is 0 Å². The zero-order valence-electron chi connectivity index (χ0n) is 11.7. The maximum absolute atomic E-state index is 10.5. The number of halogens is 1. The number of aliphatic carboxylic acids is 1. The highest BCUT2D eigenvalue weighted by atomic mass is 35.5. The first kappa shape index (κ1) is 19.8. The van der Waals surface area contributed by atoms with Gasteiger partial charge >= 0.3 is 5.97 Å². The first-order valence-electron chi connectivity index (χ1n) is 6.29. The molecule has 0 amide bonds. The molecule has 108 valence electrons. The van der Waals surface area contributed by atoms with E-state index in [2.05, 4.69) is 24.3 Å². The molecule has 18 heavy (non-hydrogen) atoms. The van der Waals surface area contributed by atoms with E-state index in [9.17, 15) is 4.79 Å². The van der Waals surface area contributed by atoms with E-state index in [0.29, 0.717) is 5.57 Å². The van der Waals surface area contributed by atoms with Crippen LogP contribution in [0.3, 0.4) is 0 Å². The third kappa shape index (κ3) is 13.5. The molecular formula is C13H27ClN2O2. The molecule has 0 bridgehead atoms. The molecule has 0 atom stereocenters. The van der Waals surface area contributed by atoms with E-state index >= 15 is 0 Å². The number of nitrogens with zero attached hydrogens (tertiary/aromatic N) is 1. The van der Waals surface area contributed by atoms with Gasteiger partial charge in [0.2, 0.25) is 0 Å². The Hall–Kier alpha value is -0.580. The van der Waals surface area contributed by atoms with Crippen LogP contribution in [0.5, 0.6) is 0 Å². The fraction of sp³-hybridized carbons (Fsp3) is 0.769. The Morgan fingerprint density at radius 2 is 1.89 bits per heavy atom. The smallest absolute Gasteiger partial charge is 0.330 e. The zero-order valence-corrected chi connectivity index (χ0v) is 12.6. The highest BCUT2D eigenvalue weighted by Crippen LogP contribution is 2.03. The van der Waals surface area contributed by atoms with Crippen LogP contribution in [0.15, 0.2) is 11.6 Å². The van der Waals surface area contributed by atoms with Crippen molar-refractivity contribution >= 4 is 18.4 Å². The van der Waals surface area contributed by atoms with Crippen LogP contribution < -0.4 is 5.32 Å². The van der Waals surface area contributed by atoms with Crippen LogP contribution in [-0.4, -0.2) is 49.7 Å². The number of carboxylic acids is 1. The number of rotatable bonds is 10. The topological polar surface area (TPSA) is 52.6 Å². The van der Waals surface area contributed by atoms with Gasteiger partial charge < -0.3 is 15.3 Å². The van der Waals surface area contributed by atoms with Gasteiger partial charge in [-0.1, -0.05) is 12.5 Å². The van der Waals surface area contributed by atoms with Crippen molar-refractivity contribution in [3.05, 3.63) is 11.6 Å². The summed E-state index contributed by atoms with van der Waals surface area (Å²) in [5.74, 6) is -0.810. The molecule has 0 unspecified atom stereocenters. The maximum atomic E-state index is 10.5. The summed E-state index contributed by atoms with van der Waals surface area (Å²) < 4.78 is 0. The number of allylic oxidation sites excluding steroid dienone is 1. The summed E-state index contributed by atoms with van der Waals surface area (Å²) in [4.78, 5) is 12.7. The van der Waals surface area contributed by atoms with E-state index in [0.717, 1.165) is 45.3 Å². The van der Waals surface area contributed by atoms with E-state index in [1.54, 1.807) is 6.92 Å². The Balaban J connectivity index is 0. The van der Waals surface area contributed by atoms with Gasteiger partial charge in [-0.2, -0.15) is 0 Å². The molecule has 0 saturated carbocycles. The molecule has 0 heterocycles. The van der Waals surface area contributed by atoms with Crippen molar-refractivity contribution in [3.8, 4) is 0 Å². The molecule has 2 N–H and O–H groups in total. The van der Waals surface area contributed by atoms with E-state index in [-0.39, 0.29) is 12.4 Å². The van der Waals surface area contributed by atoms with Crippen molar-refractivity contribution in [3.63, 3.8) is 0 Å². The van der Waals surface area contributed by atoms with Crippen molar-refractivity contribution in [2.45, 2.75) is 32.6 Å². The standard InChI is InChI=1S/C13H26N2O2.ClH/c1-12(13(16)17)8-6-4-5-7-9-14-10-11-15(2)3;/h8,14H,4-7,9-11H2,1-3H3,(H,16,17);1H. The first-order valence-corrected chi connectivity index (χ1v) is 6.29. The Labute approximate surface area is 117 Å². The minimum Gasteiger partial charge on any atom is -0.478 e. The molecule has 0 aliphatic heterocycles. The second-order valence-electron chi connectivity index (χ2n) is 4.59. The van der Waals surface area contributed by atoms with Gasteiger partial charge in [0.05, 0.1) is 0 Å². The lowest BCUT2D eigenvalue weighted by atomic mass is 10.1. The molecule has 0 aromatic carbocycles. The van der Waals surface area contributed by atoms with Gasteiger partial charge in [-0.05, 0) is 46.8 Å². The van der Waals surface area contributed by atoms with Gasteiger partial charge in [-0.25, -0.2) is 4.79 Å². The average molecular weight is 279 g/mol. The quantitative estimate of drug-likeness (QED) is 0.475. The van der Waals surface area contributed by atoms with Crippen LogP contribution in [0.4, 0.5) is 0 Å². The zero-order chi connectivity index (χ0) is 13.1. The molecule has 0 saturated heterocycles. The number of likely N-dealkylation sites (N-methyl/N-ethyl adjacent to an activating group) is 1. The van der Waals surface area contributed by atoms with E-state index in [1.807, 2.05) is 6.08 Å². The molecular weight excluding hydrogens is 252 g/mol. The van der Waals surface area contributed by atoms with Crippen LogP contribution in [0.25, 0.3) is 0 Å². The van der Waals surface area contributed by atoms with Gasteiger partial charge in [0.25, 0.3) is 0 Å². The molecule has 0 aliphatic carbocycles. The Bertz CT molecular complexity index is 243. The molecule has 0 rings (SSSR count). The summed E-state index contributed by atoms with van der Waals surface area (Å²) in [6.45, 7) is 4.80. The Morgan fingerprint density at radius 3 is 2.44 bits per heavy atom. The number of nitrogens with one attached hydrogen (secondary N) is 1. The summed E-state index contributed by atoms with van der Waals surface area (Å²) >= 11 is 0. The Kier molecular flexibility index (Phi) is 14.1. The maximum Gasteiger partial charge on any atom is 0.330 e. The van der Waals surface area contributed by atoms with Crippen molar-refractivity contribution < 1.29 is 9.90 Å². The van der Waals surface area contributed by atoms with E-state index in [1.165, 1.54) is 0 Å². The summed E-state index contributed by atoms with van der Waals surface area (Å²) in [6, 6.07) is 0. The number of carboxylic acid groups (broad SMARTS) is 1. The lowest BCUT2D eigenvalue weighted by Gasteiger charge is -2.09. The monoisotopic (exact) mass is 278 g/mol. The van der Waals surface area contributed by atoms with Gasteiger partial charge in [0.1, 0.15) is 0 Å². The highest BCUT2D eigenvalue weighted by molar-refractivity contribution is 5.85. The van der Waals surface area contributed by atoms with Crippen molar-refractivity contribution in [1.82, 2.24) is 10.2 Å². The van der Waals surface area contributed by atoms with Crippen LogP contribution in [0.2, 0.25) is 0 Å². The number of hydrogen-bond acceptors (Lipinski definition) is 3. The predicted molar refractivity (Wildman–Crippen MR) is 78.5 cm³/mol. The summed E-state index contributed by atoms with van der Waals surface area (Å²) in [5, 5.41) is 12.0. The number of hydrogen-bond donors (Lipinski definition) is 2. The van der Waals surface area contributed by atoms with Crippen LogP contribution in [-0.2, 0) is 4.79 Å². The largest absolute Gasteiger partial charge is 0.478 e. The fourth-order valence-electron chi connectivity index (χ4n) is 1.40. The van der Waals surface area contributed by atoms with Crippen molar-refractivity contribution in [1.29, 1.82) is 0 Å². The molecule has 0 radical (unpaired) electrons. The molecule has 0 fully saturated rings. The van der Waals surface area contributed by atoms with Gasteiger partial charge in [-0.15, -0.1) is 12.4 Å². The normalized spacial score (nSPS) is 11.4. The lowest BCUT2D eigenvalue weighted by Crippen LogP contribution is -2.27. The second-order valence-corrected chi connectivity index (χ2v) is 4.59. The van der Waals surface area contributed by atoms with Gasteiger partial charge in [-0.3, -0.25) is 0 Å². The third-order valence-corrected chi connectivity index (χ3v) is 2.58. The second kappa shape index (κ2) is 12.9. The van der Waals surface area contributed by atoms with Gasteiger partial charge in [0.15, 0.2) is 0 Å². The average Bonchev–Trinajstić information content (AvgIpc) is 2.25.